The molecule has 2 rings (SSSR count). The fourth-order valence-electron chi connectivity index (χ4n) is 2.48. The predicted molar refractivity (Wildman–Crippen MR) is 58.2 cm³/mol. The number of hydrogen-bond acceptors (Lipinski definition) is 4. The lowest BCUT2D eigenvalue weighted by Crippen LogP contribution is -2.45. The van der Waals surface area contributed by atoms with Crippen LogP contribution in [0.15, 0.2) is 0 Å². The van der Waals surface area contributed by atoms with Crippen LogP contribution in [0.25, 0.3) is 0 Å². The molecule has 0 saturated carbocycles. The summed E-state index contributed by atoms with van der Waals surface area (Å²) in [5, 5.41) is 3.35. The van der Waals surface area contributed by atoms with Gasteiger partial charge >= 0.3 is 0 Å². The fourth-order valence-corrected chi connectivity index (χ4v) is 2.48. The lowest BCUT2D eigenvalue weighted by molar-refractivity contribution is -0.128. The molecule has 2 unspecified atom stereocenters. The minimum absolute atomic E-state index is 0.150. The van der Waals surface area contributed by atoms with Gasteiger partial charge in [-0.05, 0) is 24.9 Å². The van der Waals surface area contributed by atoms with Crippen LogP contribution in [0.5, 0.6) is 0 Å². The predicted octanol–water partition coefficient (Wildman–Crippen LogP) is -1.70. The van der Waals surface area contributed by atoms with E-state index in [1.165, 1.54) is 6.92 Å². The van der Waals surface area contributed by atoms with Crippen molar-refractivity contribution in [2.45, 2.75) is 6.92 Å². The maximum absolute atomic E-state index is 11.4. The fraction of sp³-hybridized carbons (Fsp3) is 0.800. The summed E-state index contributed by atoms with van der Waals surface area (Å²) in [6.45, 7) is 5.82. The van der Waals surface area contributed by atoms with E-state index >= 15 is 0 Å². The molecule has 0 aliphatic carbocycles. The van der Waals surface area contributed by atoms with E-state index in [1.807, 2.05) is 0 Å². The molecule has 2 atom stereocenters. The molecule has 2 heterocycles. The summed E-state index contributed by atoms with van der Waals surface area (Å²) < 4.78 is 0. The molecule has 2 aliphatic rings. The first-order valence-corrected chi connectivity index (χ1v) is 5.63. The van der Waals surface area contributed by atoms with Crippen molar-refractivity contribution in [3.8, 4) is 0 Å². The van der Waals surface area contributed by atoms with Gasteiger partial charge in [-0.3, -0.25) is 25.3 Å². The van der Waals surface area contributed by atoms with Crippen LogP contribution >= 0.6 is 0 Å². The second-order valence-electron chi connectivity index (χ2n) is 4.60. The molecule has 16 heavy (non-hydrogen) atoms. The van der Waals surface area contributed by atoms with Crippen molar-refractivity contribution in [3.05, 3.63) is 0 Å². The average Bonchev–Trinajstić information content (AvgIpc) is 2.74. The Hall–Kier alpha value is -1.14. The summed E-state index contributed by atoms with van der Waals surface area (Å²) in [5.74, 6) is 0.973. The minimum Gasteiger partial charge on any atom is -0.316 e. The first-order valence-electron chi connectivity index (χ1n) is 5.63. The molecule has 0 spiro atoms. The van der Waals surface area contributed by atoms with Gasteiger partial charge in [-0.1, -0.05) is 0 Å². The Kier molecular flexibility index (Phi) is 3.40. The van der Waals surface area contributed by atoms with Crippen molar-refractivity contribution in [3.63, 3.8) is 0 Å². The number of hydrogen-bond donors (Lipinski definition) is 3. The van der Waals surface area contributed by atoms with Crippen LogP contribution in [-0.4, -0.2) is 49.4 Å². The summed E-state index contributed by atoms with van der Waals surface area (Å²) in [6, 6.07) is 0. The lowest BCUT2D eigenvalue weighted by atomic mass is 10.0. The number of fused-ring (bicyclic) bond motifs is 1. The van der Waals surface area contributed by atoms with Crippen LogP contribution in [0.3, 0.4) is 0 Å². The van der Waals surface area contributed by atoms with Gasteiger partial charge in [0.25, 0.3) is 5.91 Å². The van der Waals surface area contributed by atoms with Crippen molar-refractivity contribution >= 4 is 11.8 Å². The monoisotopic (exact) mass is 226 g/mol. The van der Waals surface area contributed by atoms with Gasteiger partial charge in [0, 0.05) is 20.0 Å². The summed E-state index contributed by atoms with van der Waals surface area (Å²) in [5.41, 5.74) is 4.67. The molecule has 0 aromatic carbocycles. The highest BCUT2D eigenvalue weighted by Crippen LogP contribution is 2.25. The zero-order chi connectivity index (χ0) is 11.5. The molecule has 6 nitrogen and oxygen atoms in total. The third kappa shape index (κ3) is 2.70. The van der Waals surface area contributed by atoms with Crippen LogP contribution in [0.4, 0.5) is 0 Å². The highest BCUT2D eigenvalue weighted by atomic mass is 16.2. The summed E-state index contributed by atoms with van der Waals surface area (Å²) in [7, 11) is 0. The van der Waals surface area contributed by atoms with E-state index in [0.29, 0.717) is 18.4 Å². The van der Waals surface area contributed by atoms with Gasteiger partial charge in [0.1, 0.15) is 0 Å². The van der Waals surface area contributed by atoms with Crippen LogP contribution in [-0.2, 0) is 9.59 Å². The quantitative estimate of drug-likeness (QED) is 0.491. The molecule has 2 aliphatic heterocycles. The Morgan fingerprint density at radius 3 is 2.44 bits per heavy atom. The van der Waals surface area contributed by atoms with Gasteiger partial charge in [-0.2, -0.15) is 0 Å². The first kappa shape index (κ1) is 11.3. The van der Waals surface area contributed by atoms with E-state index in [1.54, 1.807) is 0 Å². The van der Waals surface area contributed by atoms with Crippen molar-refractivity contribution in [1.29, 1.82) is 0 Å². The van der Waals surface area contributed by atoms with Crippen molar-refractivity contribution in [1.82, 2.24) is 21.1 Å². The Morgan fingerprint density at radius 1 is 1.25 bits per heavy atom. The maximum atomic E-state index is 11.4. The smallest absolute Gasteiger partial charge is 0.252 e. The molecule has 2 amide bonds. The number of likely N-dealkylation sites (tertiary alicyclic amines) is 1. The van der Waals surface area contributed by atoms with Gasteiger partial charge < -0.3 is 5.32 Å². The Bertz CT molecular complexity index is 283. The zero-order valence-electron chi connectivity index (χ0n) is 9.45. The third-order valence-electron chi connectivity index (χ3n) is 3.21. The topological polar surface area (TPSA) is 73.5 Å². The standard InChI is InChI=1S/C10H18N4O2/c1-7(15)12-13-10(16)6-14-4-8-2-11-3-9(8)5-14/h8-9,11H,2-6H2,1H3,(H,12,15)(H,13,16). The first-order chi connectivity index (χ1) is 7.65. The SMILES string of the molecule is CC(=O)NNC(=O)CN1CC2CNCC2C1. The second-order valence-corrected chi connectivity index (χ2v) is 4.60. The summed E-state index contributed by atoms with van der Waals surface area (Å²) in [6.07, 6.45) is 0. The molecule has 6 heteroatoms. The van der Waals surface area contributed by atoms with Crippen molar-refractivity contribution in [2.75, 3.05) is 32.7 Å². The van der Waals surface area contributed by atoms with Crippen LogP contribution < -0.4 is 16.2 Å². The van der Waals surface area contributed by atoms with Crippen molar-refractivity contribution in [2.24, 2.45) is 11.8 Å². The Balaban J connectivity index is 1.70. The normalized spacial score (nSPS) is 28.8. The van der Waals surface area contributed by atoms with Crippen LogP contribution in [0.2, 0.25) is 0 Å². The van der Waals surface area contributed by atoms with E-state index in [4.69, 9.17) is 0 Å². The van der Waals surface area contributed by atoms with E-state index in [0.717, 1.165) is 26.2 Å². The Labute approximate surface area is 94.7 Å². The van der Waals surface area contributed by atoms with E-state index in [-0.39, 0.29) is 11.8 Å². The number of amides is 2. The minimum atomic E-state index is -0.254. The number of nitrogens with one attached hydrogen (secondary N) is 3. The number of nitrogens with zero attached hydrogens (tertiary/aromatic N) is 1. The maximum Gasteiger partial charge on any atom is 0.252 e. The van der Waals surface area contributed by atoms with Crippen molar-refractivity contribution < 1.29 is 9.59 Å². The van der Waals surface area contributed by atoms with Crippen LogP contribution in [0, 0.1) is 11.8 Å². The van der Waals surface area contributed by atoms with Gasteiger partial charge in [-0.15, -0.1) is 0 Å². The highest BCUT2D eigenvalue weighted by Gasteiger charge is 2.36. The van der Waals surface area contributed by atoms with Gasteiger partial charge in [0.15, 0.2) is 0 Å². The third-order valence-corrected chi connectivity index (χ3v) is 3.21. The molecule has 0 radical (unpaired) electrons. The second kappa shape index (κ2) is 4.80. The number of hydrazine groups is 1. The molecule has 0 aromatic heterocycles. The molecule has 90 valence electrons. The Morgan fingerprint density at radius 2 is 1.88 bits per heavy atom. The molecule has 0 aromatic rings. The van der Waals surface area contributed by atoms with E-state index in [9.17, 15) is 9.59 Å². The van der Waals surface area contributed by atoms with E-state index in [2.05, 4.69) is 21.1 Å². The zero-order valence-corrected chi connectivity index (χ0v) is 9.45. The molecule has 0 bridgehead atoms. The van der Waals surface area contributed by atoms with Gasteiger partial charge in [0.05, 0.1) is 6.54 Å². The molecular formula is C10H18N4O2. The molecule has 2 saturated heterocycles. The molecular weight excluding hydrogens is 208 g/mol. The van der Waals surface area contributed by atoms with Gasteiger partial charge in [0.2, 0.25) is 5.91 Å². The highest BCUT2D eigenvalue weighted by molar-refractivity contribution is 5.81. The number of carbonyl (C=O) groups excluding carboxylic acids is 2. The lowest BCUT2D eigenvalue weighted by Gasteiger charge is -2.16. The largest absolute Gasteiger partial charge is 0.316 e. The van der Waals surface area contributed by atoms with E-state index < -0.39 is 0 Å². The van der Waals surface area contributed by atoms with Gasteiger partial charge in [-0.25, -0.2) is 0 Å². The average molecular weight is 226 g/mol. The number of rotatable bonds is 2. The summed E-state index contributed by atoms with van der Waals surface area (Å²) in [4.78, 5) is 24.2. The molecule has 2 fully saturated rings. The summed E-state index contributed by atoms with van der Waals surface area (Å²) >= 11 is 0. The molecule has 3 N–H and O–H groups in total. The number of carbonyl (C=O) groups is 2. The van der Waals surface area contributed by atoms with Crippen LogP contribution in [0.1, 0.15) is 6.92 Å².